The molecule has 0 aliphatic rings. The minimum atomic E-state index is 0.375. The summed E-state index contributed by atoms with van der Waals surface area (Å²) in [4.78, 5) is 7.83. The second-order valence-electron chi connectivity index (χ2n) is 3.48. The predicted octanol–water partition coefficient (Wildman–Crippen LogP) is 1.68. The molecular formula is C12H11N5O. The first-order chi connectivity index (χ1) is 8.72. The van der Waals surface area contributed by atoms with Crippen LogP contribution in [0.3, 0.4) is 0 Å². The van der Waals surface area contributed by atoms with Crippen LogP contribution in [0.5, 0.6) is 5.75 Å². The Morgan fingerprint density at radius 1 is 1.33 bits per heavy atom. The lowest BCUT2D eigenvalue weighted by atomic mass is 10.2. The number of nitrogens with zero attached hydrogens (tertiary/aromatic N) is 3. The summed E-state index contributed by atoms with van der Waals surface area (Å²) < 4.78 is 5.20. The third kappa shape index (κ3) is 2.47. The van der Waals surface area contributed by atoms with Crippen molar-refractivity contribution in [2.45, 2.75) is 0 Å². The van der Waals surface area contributed by atoms with E-state index in [4.69, 9.17) is 15.7 Å². The van der Waals surface area contributed by atoms with Gasteiger partial charge in [-0.05, 0) is 12.1 Å². The fraction of sp³-hybridized carbons (Fsp3) is 0.0833. The zero-order chi connectivity index (χ0) is 13.0. The highest BCUT2D eigenvalue weighted by Crippen LogP contribution is 2.27. The first-order valence-electron chi connectivity index (χ1n) is 5.15. The largest absolute Gasteiger partial charge is 0.495 e. The standard InChI is InChI=1S/C12H11N5O/c1-18-10-4-8(6-13)2-3-9(10)17-12-5-11(14)15-7-16-12/h2-5,7H,1H3,(H3,14,15,16,17). The molecule has 0 fully saturated rings. The molecule has 0 saturated heterocycles. The van der Waals surface area contributed by atoms with Gasteiger partial charge in [-0.2, -0.15) is 5.26 Å². The van der Waals surface area contributed by atoms with Crippen molar-refractivity contribution >= 4 is 17.3 Å². The summed E-state index contributed by atoms with van der Waals surface area (Å²) in [6.45, 7) is 0. The molecule has 0 unspecified atom stereocenters. The molecule has 0 aliphatic carbocycles. The highest BCUT2D eigenvalue weighted by atomic mass is 16.5. The number of aromatic nitrogens is 2. The molecular weight excluding hydrogens is 230 g/mol. The van der Waals surface area contributed by atoms with E-state index in [0.29, 0.717) is 28.6 Å². The van der Waals surface area contributed by atoms with E-state index in [-0.39, 0.29) is 0 Å². The van der Waals surface area contributed by atoms with E-state index in [1.54, 1.807) is 24.3 Å². The van der Waals surface area contributed by atoms with Gasteiger partial charge in [-0.15, -0.1) is 0 Å². The van der Waals surface area contributed by atoms with Crippen LogP contribution < -0.4 is 15.8 Å². The summed E-state index contributed by atoms with van der Waals surface area (Å²) in [5, 5.41) is 11.9. The summed E-state index contributed by atoms with van der Waals surface area (Å²) in [6.07, 6.45) is 1.37. The normalized spacial score (nSPS) is 9.56. The van der Waals surface area contributed by atoms with Crippen LogP contribution >= 0.6 is 0 Å². The molecule has 0 saturated carbocycles. The Labute approximate surface area is 104 Å². The number of nitriles is 1. The van der Waals surface area contributed by atoms with Crippen LogP contribution in [-0.2, 0) is 0 Å². The van der Waals surface area contributed by atoms with Gasteiger partial charge in [-0.25, -0.2) is 9.97 Å². The van der Waals surface area contributed by atoms with Gasteiger partial charge in [0.05, 0.1) is 24.4 Å². The van der Waals surface area contributed by atoms with Crippen LogP contribution in [0.15, 0.2) is 30.6 Å². The Hall–Kier alpha value is -2.81. The summed E-state index contributed by atoms with van der Waals surface area (Å²) in [5.41, 5.74) is 6.79. The lowest BCUT2D eigenvalue weighted by Gasteiger charge is -2.10. The second kappa shape index (κ2) is 5.01. The predicted molar refractivity (Wildman–Crippen MR) is 67.4 cm³/mol. The van der Waals surface area contributed by atoms with Gasteiger partial charge < -0.3 is 15.8 Å². The van der Waals surface area contributed by atoms with Gasteiger partial charge in [-0.3, -0.25) is 0 Å². The Morgan fingerprint density at radius 3 is 2.83 bits per heavy atom. The average Bonchev–Trinajstić information content (AvgIpc) is 2.39. The highest BCUT2D eigenvalue weighted by molar-refractivity contribution is 5.66. The fourth-order valence-electron chi connectivity index (χ4n) is 1.44. The molecule has 0 atom stereocenters. The quantitative estimate of drug-likeness (QED) is 0.848. The molecule has 0 radical (unpaired) electrons. The molecule has 6 nitrogen and oxygen atoms in total. The van der Waals surface area contributed by atoms with E-state index in [1.807, 2.05) is 6.07 Å². The van der Waals surface area contributed by atoms with Gasteiger partial charge in [0.25, 0.3) is 0 Å². The van der Waals surface area contributed by atoms with Gasteiger partial charge >= 0.3 is 0 Å². The maximum Gasteiger partial charge on any atom is 0.143 e. The molecule has 0 aliphatic heterocycles. The van der Waals surface area contributed by atoms with Crippen LogP contribution in [0.1, 0.15) is 5.56 Å². The molecule has 1 aromatic carbocycles. The molecule has 1 aromatic heterocycles. The molecule has 3 N–H and O–H groups in total. The molecule has 2 aromatic rings. The third-order valence-corrected chi connectivity index (χ3v) is 2.28. The summed E-state index contributed by atoms with van der Waals surface area (Å²) in [6, 6.07) is 8.74. The summed E-state index contributed by atoms with van der Waals surface area (Å²) in [5.74, 6) is 1.50. The monoisotopic (exact) mass is 241 g/mol. The Morgan fingerprint density at radius 2 is 2.17 bits per heavy atom. The topological polar surface area (TPSA) is 96.8 Å². The number of methoxy groups -OCH3 is 1. The first-order valence-corrected chi connectivity index (χ1v) is 5.15. The number of nitrogen functional groups attached to an aromatic ring is 1. The van der Waals surface area contributed by atoms with Crippen LogP contribution in [-0.4, -0.2) is 17.1 Å². The Bertz CT molecular complexity index is 606. The van der Waals surface area contributed by atoms with Crippen molar-refractivity contribution in [3.8, 4) is 11.8 Å². The Kier molecular flexibility index (Phi) is 3.25. The highest BCUT2D eigenvalue weighted by Gasteiger charge is 2.05. The van der Waals surface area contributed by atoms with E-state index in [9.17, 15) is 0 Å². The van der Waals surface area contributed by atoms with E-state index in [1.165, 1.54) is 13.4 Å². The van der Waals surface area contributed by atoms with Crippen molar-refractivity contribution in [1.29, 1.82) is 5.26 Å². The van der Waals surface area contributed by atoms with Crippen LogP contribution in [0, 0.1) is 11.3 Å². The number of anilines is 3. The summed E-state index contributed by atoms with van der Waals surface area (Å²) >= 11 is 0. The number of benzene rings is 1. The minimum absolute atomic E-state index is 0.375. The molecule has 90 valence electrons. The maximum atomic E-state index is 8.81. The molecule has 0 bridgehead atoms. The van der Waals surface area contributed by atoms with Gasteiger partial charge in [0.15, 0.2) is 0 Å². The number of ether oxygens (including phenoxy) is 1. The average molecular weight is 241 g/mol. The molecule has 2 rings (SSSR count). The van der Waals surface area contributed by atoms with Crippen molar-refractivity contribution in [2.24, 2.45) is 0 Å². The zero-order valence-electron chi connectivity index (χ0n) is 9.71. The van der Waals surface area contributed by atoms with Gasteiger partial charge in [-0.1, -0.05) is 0 Å². The fourth-order valence-corrected chi connectivity index (χ4v) is 1.44. The number of hydrogen-bond donors (Lipinski definition) is 2. The lowest BCUT2D eigenvalue weighted by molar-refractivity contribution is 0.416. The maximum absolute atomic E-state index is 8.81. The van der Waals surface area contributed by atoms with Crippen molar-refractivity contribution in [1.82, 2.24) is 9.97 Å². The molecule has 18 heavy (non-hydrogen) atoms. The zero-order valence-corrected chi connectivity index (χ0v) is 9.71. The van der Waals surface area contributed by atoms with E-state index in [2.05, 4.69) is 15.3 Å². The van der Waals surface area contributed by atoms with Gasteiger partial charge in [0, 0.05) is 12.1 Å². The van der Waals surface area contributed by atoms with E-state index in [0.717, 1.165) is 0 Å². The van der Waals surface area contributed by atoms with Crippen molar-refractivity contribution in [2.75, 3.05) is 18.2 Å². The minimum Gasteiger partial charge on any atom is -0.495 e. The lowest BCUT2D eigenvalue weighted by Crippen LogP contribution is -1.99. The second-order valence-corrected chi connectivity index (χ2v) is 3.48. The molecule has 0 spiro atoms. The molecule has 1 heterocycles. The van der Waals surface area contributed by atoms with Crippen molar-refractivity contribution in [3.05, 3.63) is 36.2 Å². The number of nitrogens with one attached hydrogen (secondary N) is 1. The summed E-state index contributed by atoms with van der Waals surface area (Å²) in [7, 11) is 1.54. The van der Waals surface area contributed by atoms with Crippen LogP contribution in [0.25, 0.3) is 0 Å². The third-order valence-electron chi connectivity index (χ3n) is 2.28. The van der Waals surface area contributed by atoms with E-state index < -0.39 is 0 Å². The number of hydrogen-bond acceptors (Lipinski definition) is 6. The van der Waals surface area contributed by atoms with Crippen molar-refractivity contribution < 1.29 is 4.74 Å². The molecule has 6 heteroatoms. The van der Waals surface area contributed by atoms with Crippen molar-refractivity contribution in [3.63, 3.8) is 0 Å². The Balaban J connectivity index is 2.32. The van der Waals surface area contributed by atoms with Crippen LogP contribution in [0.2, 0.25) is 0 Å². The molecule has 0 amide bonds. The first kappa shape index (κ1) is 11.7. The number of nitrogens with two attached hydrogens (primary N) is 1. The van der Waals surface area contributed by atoms with Gasteiger partial charge in [0.1, 0.15) is 23.7 Å². The van der Waals surface area contributed by atoms with Gasteiger partial charge in [0.2, 0.25) is 0 Å². The van der Waals surface area contributed by atoms with E-state index >= 15 is 0 Å². The SMILES string of the molecule is COc1cc(C#N)ccc1Nc1cc(N)ncn1. The smallest absolute Gasteiger partial charge is 0.143 e. The number of rotatable bonds is 3. The van der Waals surface area contributed by atoms with Crippen LogP contribution in [0.4, 0.5) is 17.3 Å².